The molecule has 10 heteroatoms. The van der Waals surface area contributed by atoms with E-state index < -0.39 is 23.6 Å². The summed E-state index contributed by atoms with van der Waals surface area (Å²) in [4.78, 5) is 26.9. The molecular weight excluding hydrogens is 515 g/mol. The molecule has 208 valence electrons. The molecule has 7 nitrogen and oxygen atoms in total. The predicted octanol–water partition coefficient (Wildman–Crippen LogP) is 5.27. The summed E-state index contributed by atoms with van der Waals surface area (Å²) in [6.45, 7) is 1.86. The highest BCUT2D eigenvalue weighted by atomic mass is 19.4. The topological polar surface area (TPSA) is 83.1 Å². The van der Waals surface area contributed by atoms with Crippen LogP contribution in [0.2, 0.25) is 0 Å². The first-order valence-corrected chi connectivity index (χ1v) is 12.4. The van der Waals surface area contributed by atoms with E-state index in [1.54, 1.807) is 20.1 Å². The number of Topliss-reactive ketones (excluding diaryl/α,β-unsaturated/α-hetero) is 1. The second-order valence-electron chi connectivity index (χ2n) is 9.38. The van der Waals surface area contributed by atoms with Crippen LogP contribution in [-0.4, -0.2) is 46.3 Å². The molecule has 2 aromatic carbocycles. The molecule has 2 aliphatic rings. The van der Waals surface area contributed by atoms with Crippen LogP contribution in [0.5, 0.6) is 11.5 Å². The lowest BCUT2D eigenvalue weighted by Gasteiger charge is -2.37. The molecule has 0 radical (unpaired) electrons. The Morgan fingerprint density at radius 2 is 1.62 bits per heavy atom. The van der Waals surface area contributed by atoms with Crippen molar-refractivity contribution in [2.24, 2.45) is 0 Å². The Kier molecular flexibility index (Phi) is 8.34. The highest BCUT2D eigenvalue weighted by Gasteiger charge is 2.42. The van der Waals surface area contributed by atoms with Crippen molar-refractivity contribution in [1.82, 2.24) is 5.32 Å². The molecule has 0 saturated carbocycles. The lowest BCUT2D eigenvalue weighted by Crippen LogP contribution is -2.36. The SMILES string of the molecule is COCCOC(=O)C1=C(C)NC2=C(C(=O)C[C@@H](c3ccc(OC)c(OC)c3)C2)[C@@H]1c1ccc(C(F)(F)F)cc1. The number of carbonyl (C=O) groups excluding carboxylic acids is 2. The fourth-order valence-electron chi connectivity index (χ4n) is 5.15. The van der Waals surface area contributed by atoms with Gasteiger partial charge in [-0.15, -0.1) is 0 Å². The summed E-state index contributed by atoms with van der Waals surface area (Å²) in [7, 11) is 4.55. The number of alkyl halides is 3. The summed E-state index contributed by atoms with van der Waals surface area (Å²) in [5, 5.41) is 3.23. The second kappa shape index (κ2) is 11.5. The molecule has 1 N–H and O–H groups in total. The largest absolute Gasteiger partial charge is 0.493 e. The summed E-state index contributed by atoms with van der Waals surface area (Å²) >= 11 is 0. The molecular formula is C29H30F3NO6. The van der Waals surface area contributed by atoms with E-state index in [4.69, 9.17) is 18.9 Å². The van der Waals surface area contributed by atoms with Gasteiger partial charge in [0.25, 0.3) is 0 Å². The molecule has 0 fully saturated rings. The Morgan fingerprint density at radius 3 is 2.23 bits per heavy atom. The minimum Gasteiger partial charge on any atom is -0.493 e. The van der Waals surface area contributed by atoms with Crippen LogP contribution in [0.3, 0.4) is 0 Å². The zero-order chi connectivity index (χ0) is 28.3. The summed E-state index contributed by atoms with van der Waals surface area (Å²) in [5.41, 5.74) is 2.10. The number of hydrogen-bond acceptors (Lipinski definition) is 7. The first kappa shape index (κ1) is 28.2. The van der Waals surface area contributed by atoms with Gasteiger partial charge >= 0.3 is 12.1 Å². The van der Waals surface area contributed by atoms with E-state index in [2.05, 4.69) is 5.32 Å². The molecule has 0 bridgehead atoms. The van der Waals surface area contributed by atoms with E-state index in [0.29, 0.717) is 40.5 Å². The highest BCUT2D eigenvalue weighted by Crippen LogP contribution is 2.47. The van der Waals surface area contributed by atoms with E-state index in [9.17, 15) is 22.8 Å². The average Bonchev–Trinajstić information content (AvgIpc) is 2.91. The van der Waals surface area contributed by atoms with Gasteiger partial charge in [-0.25, -0.2) is 4.79 Å². The number of allylic oxidation sites excluding steroid dienone is 3. The lowest BCUT2D eigenvalue weighted by atomic mass is 9.71. The fourth-order valence-corrected chi connectivity index (χ4v) is 5.15. The molecule has 0 unspecified atom stereocenters. The molecule has 2 atom stereocenters. The van der Waals surface area contributed by atoms with Gasteiger partial charge in [-0.2, -0.15) is 13.2 Å². The van der Waals surface area contributed by atoms with Crippen molar-refractivity contribution >= 4 is 11.8 Å². The van der Waals surface area contributed by atoms with E-state index in [1.165, 1.54) is 26.4 Å². The van der Waals surface area contributed by atoms with Crippen LogP contribution in [0, 0.1) is 0 Å². The zero-order valence-electron chi connectivity index (χ0n) is 22.1. The number of ether oxygens (including phenoxy) is 4. The first-order chi connectivity index (χ1) is 18.6. The summed E-state index contributed by atoms with van der Waals surface area (Å²) < 4.78 is 60.8. The number of ketones is 1. The number of benzene rings is 2. The van der Waals surface area contributed by atoms with Crippen molar-refractivity contribution in [3.63, 3.8) is 0 Å². The summed E-state index contributed by atoms with van der Waals surface area (Å²) in [5.74, 6) is -0.820. The number of nitrogens with one attached hydrogen (secondary N) is 1. The summed E-state index contributed by atoms with van der Waals surface area (Å²) in [6.07, 6.45) is -3.91. The Balaban J connectivity index is 1.75. The predicted molar refractivity (Wildman–Crippen MR) is 136 cm³/mol. The standard InChI is InChI=1S/C29H30F3NO6/c1-16-25(28(35)39-12-11-36-2)26(17-5-8-20(9-6-17)29(30,31)32)27-21(33-16)13-19(14-22(27)34)18-7-10-23(37-3)24(15-18)38-4/h5-10,15,19,26,33H,11-14H2,1-4H3/t19-,26+/m0/s1. The van der Waals surface area contributed by atoms with Gasteiger partial charge in [0.2, 0.25) is 0 Å². The van der Waals surface area contributed by atoms with Crippen molar-refractivity contribution in [1.29, 1.82) is 0 Å². The van der Waals surface area contributed by atoms with Crippen molar-refractivity contribution in [3.05, 3.63) is 81.7 Å². The van der Waals surface area contributed by atoms with Gasteiger partial charge in [0, 0.05) is 36.4 Å². The van der Waals surface area contributed by atoms with Gasteiger partial charge in [-0.3, -0.25) is 4.79 Å². The Hall–Kier alpha value is -3.79. The van der Waals surface area contributed by atoms with Gasteiger partial charge in [-0.1, -0.05) is 18.2 Å². The molecule has 1 heterocycles. The number of dihydropyridines is 1. The van der Waals surface area contributed by atoms with Gasteiger partial charge in [-0.05, 0) is 54.7 Å². The van der Waals surface area contributed by atoms with Crippen LogP contribution >= 0.6 is 0 Å². The Labute approximate surface area is 224 Å². The third-order valence-corrected chi connectivity index (χ3v) is 7.02. The monoisotopic (exact) mass is 545 g/mol. The molecule has 4 rings (SSSR count). The number of esters is 1. The maximum atomic E-state index is 13.7. The van der Waals surface area contributed by atoms with E-state index in [1.807, 2.05) is 12.1 Å². The molecule has 1 aliphatic carbocycles. The van der Waals surface area contributed by atoms with Crippen molar-refractivity contribution in [3.8, 4) is 11.5 Å². The number of methoxy groups -OCH3 is 3. The molecule has 0 amide bonds. The number of rotatable bonds is 8. The molecule has 2 aromatic rings. The zero-order valence-corrected chi connectivity index (χ0v) is 22.1. The minimum atomic E-state index is -4.52. The Morgan fingerprint density at radius 1 is 0.949 bits per heavy atom. The van der Waals surface area contributed by atoms with E-state index in [-0.39, 0.29) is 36.9 Å². The lowest BCUT2D eigenvalue weighted by molar-refractivity contribution is -0.141. The number of halogens is 3. The van der Waals surface area contributed by atoms with Crippen molar-refractivity contribution in [2.75, 3.05) is 34.5 Å². The third-order valence-electron chi connectivity index (χ3n) is 7.02. The van der Waals surface area contributed by atoms with Crippen molar-refractivity contribution in [2.45, 2.75) is 37.8 Å². The van der Waals surface area contributed by atoms with Crippen LogP contribution in [0.15, 0.2) is 65.0 Å². The molecule has 0 aromatic heterocycles. The third kappa shape index (κ3) is 5.80. The highest BCUT2D eigenvalue weighted by molar-refractivity contribution is 6.04. The van der Waals surface area contributed by atoms with Crippen LogP contribution in [-0.2, 0) is 25.2 Å². The smallest absolute Gasteiger partial charge is 0.416 e. The molecule has 0 spiro atoms. The summed E-state index contributed by atoms with van der Waals surface area (Å²) in [6, 6.07) is 10.0. The average molecular weight is 546 g/mol. The minimum absolute atomic E-state index is 0.00687. The van der Waals surface area contributed by atoms with Crippen molar-refractivity contribution < 1.29 is 41.7 Å². The van der Waals surface area contributed by atoms with E-state index in [0.717, 1.165) is 17.7 Å². The first-order valence-electron chi connectivity index (χ1n) is 12.4. The van der Waals surface area contributed by atoms with Crippen LogP contribution in [0.25, 0.3) is 0 Å². The fraction of sp³-hybridized carbons (Fsp3) is 0.379. The normalized spacial score (nSPS) is 19.4. The molecule has 0 saturated heterocycles. The van der Waals surface area contributed by atoms with Gasteiger partial charge in [0.15, 0.2) is 17.3 Å². The van der Waals surface area contributed by atoms with Gasteiger partial charge in [0.05, 0.1) is 32.0 Å². The van der Waals surface area contributed by atoms with Gasteiger partial charge < -0.3 is 24.3 Å². The molecule has 1 aliphatic heterocycles. The maximum Gasteiger partial charge on any atom is 0.416 e. The quantitative estimate of drug-likeness (QED) is 0.357. The van der Waals surface area contributed by atoms with Crippen LogP contribution < -0.4 is 14.8 Å². The van der Waals surface area contributed by atoms with Crippen LogP contribution in [0.1, 0.15) is 48.3 Å². The van der Waals surface area contributed by atoms with E-state index >= 15 is 0 Å². The molecule has 39 heavy (non-hydrogen) atoms. The second-order valence-corrected chi connectivity index (χ2v) is 9.38. The van der Waals surface area contributed by atoms with Crippen LogP contribution in [0.4, 0.5) is 13.2 Å². The Bertz CT molecular complexity index is 1310. The number of carbonyl (C=O) groups is 2. The maximum absolute atomic E-state index is 13.7. The van der Waals surface area contributed by atoms with Gasteiger partial charge in [0.1, 0.15) is 6.61 Å². The number of hydrogen-bond donors (Lipinski definition) is 1.